The van der Waals surface area contributed by atoms with Crippen molar-refractivity contribution in [3.63, 3.8) is 0 Å². The summed E-state index contributed by atoms with van der Waals surface area (Å²) < 4.78 is 18.5. The average Bonchev–Trinajstić information content (AvgIpc) is 2.96. The number of alkyl carbamates (subject to hydrolysis) is 1. The van der Waals surface area contributed by atoms with Gasteiger partial charge in [-0.2, -0.15) is 0 Å². The third-order valence-electron chi connectivity index (χ3n) is 6.05. The Kier molecular flexibility index (Phi) is 14.7. The van der Waals surface area contributed by atoms with Gasteiger partial charge in [-0.05, 0) is 48.4 Å². The van der Waals surface area contributed by atoms with E-state index in [0.717, 1.165) is 17.9 Å². The number of benzene rings is 2. The molecule has 4 amide bonds. The van der Waals surface area contributed by atoms with Crippen molar-refractivity contribution >= 4 is 30.1 Å². The van der Waals surface area contributed by atoms with Crippen molar-refractivity contribution in [1.29, 1.82) is 0 Å². The Morgan fingerprint density at radius 2 is 1.69 bits per heavy atom. The minimum atomic E-state index is -1.12. The van der Waals surface area contributed by atoms with Crippen molar-refractivity contribution in [3.05, 3.63) is 71.5 Å². The average molecular weight is 585 g/mol. The Morgan fingerprint density at radius 1 is 1.02 bits per heavy atom. The zero-order valence-electron chi connectivity index (χ0n) is 24.4. The second-order valence-electron chi connectivity index (χ2n) is 10.7. The van der Waals surface area contributed by atoms with E-state index in [-0.39, 0.29) is 31.3 Å². The van der Waals surface area contributed by atoms with Crippen LogP contribution >= 0.6 is 0 Å². The summed E-state index contributed by atoms with van der Waals surface area (Å²) in [5, 5.41) is 10.2. The number of halogens is 1. The lowest BCUT2D eigenvalue weighted by Gasteiger charge is -2.24. The largest absolute Gasteiger partial charge is 0.445 e. The summed E-state index contributed by atoms with van der Waals surface area (Å²) in [6.07, 6.45) is 1.32. The Labute approximate surface area is 246 Å². The van der Waals surface area contributed by atoms with E-state index in [1.165, 1.54) is 24.3 Å². The highest BCUT2D eigenvalue weighted by Gasteiger charge is 2.27. The van der Waals surface area contributed by atoms with Crippen LogP contribution in [0, 0.1) is 17.7 Å². The van der Waals surface area contributed by atoms with E-state index in [1.54, 1.807) is 24.3 Å². The predicted octanol–water partition coefficient (Wildman–Crippen LogP) is 3.04. The van der Waals surface area contributed by atoms with Crippen LogP contribution in [0.2, 0.25) is 0 Å². The highest BCUT2D eigenvalue weighted by molar-refractivity contribution is 5.90. The van der Waals surface area contributed by atoms with E-state index in [2.05, 4.69) is 42.0 Å². The van der Waals surface area contributed by atoms with Crippen molar-refractivity contribution in [2.45, 2.75) is 65.1 Å². The number of aldehydes is 1. The molecule has 1 aliphatic heterocycles. The van der Waals surface area contributed by atoms with Crippen LogP contribution in [0.5, 0.6) is 0 Å². The Hall–Kier alpha value is -4.28. The summed E-state index contributed by atoms with van der Waals surface area (Å²) in [7, 11) is 0. The van der Waals surface area contributed by atoms with Crippen LogP contribution in [0.1, 0.15) is 51.2 Å². The van der Waals surface area contributed by atoms with Crippen LogP contribution < -0.4 is 21.3 Å². The maximum absolute atomic E-state index is 13.3. The molecule has 1 aliphatic rings. The van der Waals surface area contributed by atoms with Gasteiger partial charge in [-0.15, -0.1) is 0 Å². The fourth-order valence-corrected chi connectivity index (χ4v) is 4.04. The van der Waals surface area contributed by atoms with Gasteiger partial charge < -0.3 is 30.8 Å². The molecule has 0 radical (unpaired) electrons. The molecule has 11 heteroatoms. The third-order valence-corrected chi connectivity index (χ3v) is 6.05. The van der Waals surface area contributed by atoms with Gasteiger partial charge in [0.05, 0.1) is 12.6 Å². The molecule has 3 unspecified atom stereocenters. The SMILES string of the molecule is CC(C)C.O=CC(CC1CCCNC1=O)NC(=O)CNC(=O)C(Cc1ccc(F)cc1)NC(=O)OCc1ccccc1. The first-order valence-electron chi connectivity index (χ1n) is 14.1. The van der Waals surface area contributed by atoms with Gasteiger partial charge in [-0.3, -0.25) is 14.4 Å². The van der Waals surface area contributed by atoms with Crippen molar-refractivity contribution in [1.82, 2.24) is 21.3 Å². The number of carbonyl (C=O) groups excluding carboxylic acids is 5. The lowest BCUT2D eigenvalue weighted by atomic mass is 9.92. The van der Waals surface area contributed by atoms with Gasteiger partial charge >= 0.3 is 6.09 Å². The van der Waals surface area contributed by atoms with Gasteiger partial charge in [0.1, 0.15) is 24.8 Å². The molecule has 0 aliphatic carbocycles. The molecule has 0 aromatic heterocycles. The van der Waals surface area contributed by atoms with Crippen molar-refractivity contribution in [2.75, 3.05) is 13.1 Å². The van der Waals surface area contributed by atoms with Crippen molar-refractivity contribution in [3.8, 4) is 0 Å². The monoisotopic (exact) mass is 584 g/mol. The molecular formula is C31H41FN4O6. The molecule has 3 rings (SSSR count). The van der Waals surface area contributed by atoms with Crippen LogP contribution in [0.4, 0.5) is 9.18 Å². The fourth-order valence-electron chi connectivity index (χ4n) is 4.04. The van der Waals surface area contributed by atoms with Crippen molar-refractivity contribution < 1.29 is 33.1 Å². The Morgan fingerprint density at radius 3 is 2.31 bits per heavy atom. The predicted molar refractivity (Wildman–Crippen MR) is 156 cm³/mol. The van der Waals surface area contributed by atoms with Gasteiger partial charge in [0, 0.05) is 18.9 Å². The van der Waals surface area contributed by atoms with Crippen LogP contribution in [0.3, 0.4) is 0 Å². The normalized spacial score (nSPS) is 15.6. The molecule has 0 spiro atoms. The summed E-state index contributed by atoms with van der Waals surface area (Å²) >= 11 is 0. The van der Waals surface area contributed by atoms with E-state index in [1.807, 2.05) is 6.07 Å². The lowest BCUT2D eigenvalue weighted by molar-refractivity contribution is -0.129. The van der Waals surface area contributed by atoms with Crippen molar-refractivity contribution in [2.24, 2.45) is 11.8 Å². The highest BCUT2D eigenvalue weighted by atomic mass is 19.1. The molecule has 0 saturated carbocycles. The second kappa shape index (κ2) is 18.2. The number of carbonyl (C=O) groups is 5. The van der Waals surface area contributed by atoms with Crippen LogP contribution in [0.25, 0.3) is 0 Å². The van der Waals surface area contributed by atoms with Gasteiger partial charge in [-0.25, -0.2) is 9.18 Å². The first-order chi connectivity index (χ1) is 20.1. The number of amides is 4. The zero-order valence-corrected chi connectivity index (χ0v) is 24.4. The number of hydrogen-bond donors (Lipinski definition) is 4. The highest BCUT2D eigenvalue weighted by Crippen LogP contribution is 2.16. The fraction of sp³-hybridized carbons (Fsp3) is 0.452. The van der Waals surface area contributed by atoms with E-state index in [4.69, 9.17) is 4.74 Å². The molecule has 10 nitrogen and oxygen atoms in total. The third kappa shape index (κ3) is 13.4. The summed E-state index contributed by atoms with van der Waals surface area (Å²) in [5.74, 6) is -1.44. The molecule has 228 valence electrons. The first kappa shape index (κ1) is 33.9. The first-order valence-corrected chi connectivity index (χ1v) is 14.1. The maximum atomic E-state index is 13.3. The molecule has 42 heavy (non-hydrogen) atoms. The molecule has 1 heterocycles. The molecule has 3 atom stereocenters. The summed E-state index contributed by atoms with van der Waals surface area (Å²) in [6, 6.07) is 12.4. The summed E-state index contributed by atoms with van der Waals surface area (Å²) in [5.41, 5.74) is 1.33. The standard InChI is InChI=1S/C27H31FN4O6.C4H10/c28-21-10-8-18(9-11-21)13-23(32-27(37)38-17-19-5-2-1-3-6-19)26(36)30-15-24(34)31-22(16-33)14-20-7-4-12-29-25(20)35;1-4(2)3/h1-3,5-6,8-11,16,20,22-23H,4,7,12-15,17H2,(H,29,35)(H,30,36)(H,31,34)(H,32,37);4H,1-3H3. The Balaban J connectivity index is 0.00000144. The van der Waals surface area contributed by atoms with E-state index >= 15 is 0 Å². The smallest absolute Gasteiger partial charge is 0.408 e. The number of ether oxygens (including phenoxy) is 1. The Bertz CT molecular complexity index is 1160. The van der Waals surface area contributed by atoms with E-state index in [9.17, 15) is 28.4 Å². The van der Waals surface area contributed by atoms with Gasteiger partial charge in [-0.1, -0.05) is 63.2 Å². The quantitative estimate of drug-likeness (QED) is 0.283. The van der Waals surface area contributed by atoms with Gasteiger partial charge in [0.2, 0.25) is 17.7 Å². The number of hydrogen-bond acceptors (Lipinski definition) is 6. The molecular weight excluding hydrogens is 543 g/mol. The summed E-state index contributed by atoms with van der Waals surface area (Å²) in [6.45, 7) is 6.62. The minimum absolute atomic E-state index is 0.00787. The minimum Gasteiger partial charge on any atom is -0.445 e. The van der Waals surface area contributed by atoms with Crippen LogP contribution in [0.15, 0.2) is 54.6 Å². The van der Waals surface area contributed by atoms with E-state index < -0.39 is 42.4 Å². The summed E-state index contributed by atoms with van der Waals surface area (Å²) in [4.78, 5) is 61.1. The molecule has 4 N–H and O–H groups in total. The lowest BCUT2D eigenvalue weighted by Crippen LogP contribution is -2.51. The topological polar surface area (TPSA) is 143 Å². The molecule has 2 aromatic carbocycles. The molecule has 1 saturated heterocycles. The number of nitrogens with one attached hydrogen (secondary N) is 4. The van der Waals surface area contributed by atoms with Gasteiger partial charge in [0.15, 0.2) is 0 Å². The molecule has 2 aromatic rings. The van der Waals surface area contributed by atoms with Crippen LogP contribution in [-0.4, -0.2) is 55.3 Å². The van der Waals surface area contributed by atoms with Gasteiger partial charge in [0.25, 0.3) is 0 Å². The number of rotatable bonds is 12. The molecule has 1 fully saturated rings. The van der Waals surface area contributed by atoms with Crippen LogP contribution in [-0.2, 0) is 36.9 Å². The maximum Gasteiger partial charge on any atom is 0.408 e. The second-order valence-corrected chi connectivity index (χ2v) is 10.7. The van der Waals surface area contributed by atoms with E-state index in [0.29, 0.717) is 24.8 Å². The molecule has 0 bridgehead atoms. The number of piperidine rings is 1. The zero-order chi connectivity index (χ0) is 30.9.